The van der Waals surface area contributed by atoms with Gasteiger partial charge < -0.3 is 4.74 Å². The van der Waals surface area contributed by atoms with Crippen LogP contribution < -0.4 is 4.74 Å². The van der Waals surface area contributed by atoms with Crippen molar-refractivity contribution >= 4 is 16.8 Å². The molecular weight excluding hydrogens is 487 g/mol. The molecule has 0 fully saturated rings. The maximum absolute atomic E-state index is 13.7. The van der Waals surface area contributed by atoms with E-state index in [9.17, 15) is 22.2 Å². The van der Waals surface area contributed by atoms with E-state index in [-0.39, 0.29) is 5.97 Å². The summed E-state index contributed by atoms with van der Waals surface area (Å²) >= 11 is 0. The van der Waals surface area contributed by atoms with Crippen LogP contribution >= 0.6 is 0 Å². The molecule has 3 rings (SSSR count). The van der Waals surface area contributed by atoms with E-state index >= 15 is 0 Å². The Labute approximate surface area is 212 Å². The van der Waals surface area contributed by atoms with Gasteiger partial charge in [0, 0.05) is 16.9 Å². The number of benzene rings is 2. The van der Waals surface area contributed by atoms with Crippen LogP contribution in [0.2, 0.25) is 0 Å². The summed E-state index contributed by atoms with van der Waals surface area (Å²) in [5.74, 6) is 0.140. The molecule has 1 aromatic heterocycles. The molecule has 0 aliphatic rings. The van der Waals surface area contributed by atoms with Crippen LogP contribution in [0.5, 0.6) is 5.75 Å². The summed E-state index contributed by atoms with van der Waals surface area (Å²) in [6, 6.07) is 15.3. The number of carbonyl (C=O) groups is 1. The van der Waals surface area contributed by atoms with E-state index in [1.165, 1.54) is 12.1 Å². The quantitative estimate of drug-likeness (QED) is 0.203. The highest BCUT2D eigenvalue weighted by atomic mass is 32.2. The van der Waals surface area contributed by atoms with Crippen LogP contribution in [-0.4, -0.2) is 15.2 Å². The van der Waals surface area contributed by atoms with Crippen molar-refractivity contribution in [3.8, 4) is 17.0 Å². The van der Waals surface area contributed by atoms with E-state index in [4.69, 9.17) is 9.72 Å². The summed E-state index contributed by atoms with van der Waals surface area (Å²) in [5.41, 5.74) is 1.69. The number of carbonyl (C=O) groups excluding carboxylic acids is 1. The number of pyridine rings is 1. The fourth-order valence-corrected chi connectivity index (χ4v) is 5.33. The van der Waals surface area contributed by atoms with Crippen molar-refractivity contribution < 1.29 is 26.9 Å². The first kappa shape index (κ1) is 27.6. The number of ether oxygens (including phenoxy) is 1. The maximum Gasteiger partial charge on any atom is 0.416 e. The molecule has 36 heavy (non-hydrogen) atoms. The van der Waals surface area contributed by atoms with Gasteiger partial charge in [0.2, 0.25) is 0 Å². The highest BCUT2D eigenvalue weighted by Crippen LogP contribution is 2.34. The molecule has 3 aromatic rings. The first-order valence-corrected chi connectivity index (χ1v) is 13.2. The number of rotatable bonds is 10. The molecular formula is C28H30F3NO3S. The van der Waals surface area contributed by atoms with Crippen LogP contribution in [0.4, 0.5) is 13.2 Å². The molecule has 0 spiro atoms. The van der Waals surface area contributed by atoms with Gasteiger partial charge in [-0.05, 0) is 67.8 Å². The second-order valence-electron chi connectivity index (χ2n) is 8.60. The number of esters is 1. The molecule has 2 unspecified atom stereocenters. The van der Waals surface area contributed by atoms with E-state index in [2.05, 4.69) is 6.92 Å². The molecule has 0 aliphatic carbocycles. The monoisotopic (exact) mass is 517 g/mol. The van der Waals surface area contributed by atoms with E-state index in [0.29, 0.717) is 52.4 Å². The summed E-state index contributed by atoms with van der Waals surface area (Å²) in [5, 5.41) is -0.396. The molecule has 0 bridgehead atoms. The Kier molecular flexibility index (Phi) is 9.43. The maximum atomic E-state index is 13.7. The lowest BCUT2D eigenvalue weighted by Crippen LogP contribution is -2.11. The topological polar surface area (TPSA) is 56.3 Å². The minimum Gasteiger partial charge on any atom is -0.426 e. The van der Waals surface area contributed by atoms with Crippen LogP contribution in [0.25, 0.3) is 11.3 Å². The number of aryl methyl sites for hydroxylation is 1. The molecule has 0 N–H and O–H groups in total. The zero-order valence-corrected chi connectivity index (χ0v) is 21.4. The molecule has 192 valence electrons. The summed E-state index contributed by atoms with van der Waals surface area (Å²) in [7, 11) is -1.44. The van der Waals surface area contributed by atoms with Crippen molar-refractivity contribution in [2.75, 3.05) is 0 Å². The highest BCUT2D eigenvalue weighted by molar-refractivity contribution is 7.85. The Hall–Kier alpha value is -3.00. The number of alkyl halides is 3. The second-order valence-corrected chi connectivity index (χ2v) is 10.2. The first-order chi connectivity index (χ1) is 17.1. The van der Waals surface area contributed by atoms with Gasteiger partial charge in [0.05, 0.1) is 33.0 Å². The number of halogens is 3. The second kappa shape index (κ2) is 12.3. The van der Waals surface area contributed by atoms with Gasteiger partial charge in [-0.3, -0.25) is 14.0 Å². The van der Waals surface area contributed by atoms with Crippen molar-refractivity contribution in [3.63, 3.8) is 0 Å². The van der Waals surface area contributed by atoms with Gasteiger partial charge in [-0.2, -0.15) is 13.2 Å². The molecule has 0 radical (unpaired) electrons. The largest absolute Gasteiger partial charge is 0.426 e. The fourth-order valence-electron chi connectivity index (χ4n) is 3.78. The highest BCUT2D eigenvalue weighted by Gasteiger charge is 2.30. The van der Waals surface area contributed by atoms with Crippen LogP contribution in [0.3, 0.4) is 0 Å². The van der Waals surface area contributed by atoms with E-state index in [1.54, 1.807) is 43.3 Å². The molecule has 4 nitrogen and oxygen atoms in total. The van der Waals surface area contributed by atoms with E-state index < -0.39 is 27.8 Å². The number of nitrogens with zero attached hydrogens (tertiary/aromatic N) is 1. The van der Waals surface area contributed by atoms with Crippen molar-refractivity contribution in [2.45, 2.75) is 69.2 Å². The predicted molar refractivity (Wildman–Crippen MR) is 135 cm³/mol. The molecule has 0 aliphatic heterocycles. The molecule has 0 amide bonds. The van der Waals surface area contributed by atoms with Gasteiger partial charge in [-0.25, -0.2) is 0 Å². The number of unbranched alkanes of at least 4 members (excludes halogenated alkanes) is 1. The van der Waals surface area contributed by atoms with Crippen LogP contribution in [0.1, 0.15) is 68.0 Å². The zero-order valence-electron chi connectivity index (χ0n) is 20.6. The number of aromatic nitrogens is 1. The Bertz CT molecular complexity index is 1210. The van der Waals surface area contributed by atoms with Crippen molar-refractivity contribution in [2.24, 2.45) is 0 Å². The Morgan fingerprint density at radius 2 is 1.75 bits per heavy atom. The lowest BCUT2D eigenvalue weighted by atomic mass is 10.1. The summed E-state index contributed by atoms with van der Waals surface area (Å²) in [6.07, 6.45) is -0.993. The van der Waals surface area contributed by atoms with Gasteiger partial charge in [0.25, 0.3) is 0 Å². The zero-order chi connectivity index (χ0) is 26.3. The smallest absolute Gasteiger partial charge is 0.416 e. The predicted octanol–water partition coefficient (Wildman–Crippen LogP) is 7.82. The third kappa shape index (κ3) is 7.03. The third-order valence-electron chi connectivity index (χ3n) is 5.74. The van der Waals surface area contributed by atoms with Crippen LogP contribution in [0.15, 0.2) is 65.6 Å². The first-order valence-electron chi connectivity index (χ1n) is 12.0. The van der Waals surface area contributed by atoms with Crippen molar-refractivity contribution in [1.82, 2.24) is 4.98 Å². The van der Waals surface area contributed by atoms with Gasteiger partial charge in [-0.1, -0.05) is 44.9 Å². The SMILES string of the molecule is CCCCC(c1cccc(-c2ccc(C(F)(F)F)cc2)n1)S(=O)c1ccc(OC(=O)CCC)c(C)c1. The summed E-state index contributed by atoms with van der Waals surface area (Å²) in [6.45, 7) is 5.76. The number of hydrogen-bond acceptors (Lipinski definition) is 4. The van der Waals surface area contributed by atoms with Crippen molar-refractivity contribution in [3.05, 3.63) is 77.5 Å². The van der Waals surface area contributed by atoms with Gasteiger partial charge in [0.1, 0.15) is 5.75 Å². The van der Waals surface area contributed by atoms with Gasteiger partial charge >= 0.3 is 12.1 Å². The molecule has 0 saturated heterocycles. The van der Waals surface area contributed by atoms with E-state index in [1.807, 2.05) is 6.92 Å². The standard InChI is InChI=1S/C28H30F3NO3S/c1-4-6-11-26(36(34)22-16-17-25(19(3)18-22)35-27(33)8-5-2)24-10-7-9-23(32-24)20-12-14-21(15-13-20)28(29,30)31/h7,9-10,12-18,26H,4-6,8,11H2,1-3H3. The summed E-state index contributed by atoms with van der Waals surface area (Å²) in [4.78, 5) is 17.2. The average molecular weight is 518 g/mol. The molecule has 0 saturated carbocycles. The fraction of sp³-hybridized carbons (Fsp3) is 0.357. The normalized spacial score (nSPS) is 13.3. The van der Waals surface area contributed by atoms with Crippen LogP contribution in [-0.2, 0) is 21.8 Å². The Morgan fingerprint density at radius 1 is 1.03 bits per heavy atom. The lowest BCUT2D eigenvalue weighted by Gasteiger charge is -2.18. The number of hydrogen-bond donors (Lipinski definition) is 0. The van der Waals surface area contributed by atoms with Gasteiger partial charge in [-0.15, -0.1) is 0 Å². The molecule has 2 atom stereocenters. The summed E-state index contributed by atoms with van der Waals surface area (Å²) < 4.78 is 57.9. The Morgan fingerprint density at radius 3 is 2.36 bits per heavy atom. The van der Waals surface area contributed by atoms with Crippen molar-refractivity contribution in [1.29, 1.82) is 0 Å². The van der Waals surface area contributed by atoms with Crippen LogP contribution in [0, 0.1) is 6.92 Å². The third-order valence-corrected chi connectivity index (χ3v) is 7.46. The lowest BCUT2D eigenvalue weighted by molar-refractivity contribution is -0.137. The Balaban J connectivity index is 1.89. The molecule has 8 heteroatoms. The average Bonchev–Trinajstić information content (AvgIpc) is 2.85. The molecule has 2 aromatic carbocycles. The minimum absolute atomic E-state index is 0.306. The van der Waals surface area contributed by atoms with E-state index in [0.717, 1.165) is 25.0 Å². The minimum atomic E-state index is -4.40. The molecule has 1 heterocycles. The van der Waals surface area contributed by atoms with Gasteiger partial charge in [0.15, 0.2) is 0 Å².